The Labute approximate surface area is 178 Å². The van der Waals surface area contributed by atoms with E-state index in [2.05, 4.69) is 0 Å². The van der Waals surface area contributed by atoms with Crippen molar-refractivity contribution in [1.29, 1.82) is 0 Å². The molecule has 3 rings (SSSR count). The van der Waals surface area contributed by atoms with Crippen molar-refractivity contribution in [3.8, 4) is 0 Å². The summed E-state index contributed by atoms with van der Waals surface area (Å²) in [5, 5.41) is 21.3. The van der Waals surface area contributed by atoms with Crippen molar-refractivity contribution >= 4 is 23.4 Å². The van der Waals surface area contributed by atoms with Gasteiger partial charge in [-0.15, -0.1) is 0 Å². The monoisotopic (exact) mass is 436 g/mol. The third kappa shape index (κ3) is 3.86. The molecule has 2 aromatic carbocycles. The van der Waals surface area contributed by atoms with E-state index in [0.29, 0.717) is 17.9 Å². The highest BCUT2D eigenvalue weighted by atomic mass is 35.5. The predicted octanol–water partition coefficient (Wildman–Crippen LogP) is 5.68. The molecule has 0 spiro atoms. The summed E-state index contributed by atoms with van der Waals surface area (Å²) < 4.78 is 30.8. The molecule has 0 aliphatic heterocycles. The first kappa shape index (κ1) is 22.4. The van der Waals surface area contributed by atoms with Crippen molar-refractivity contribution in [3.05, 3.63) is 69.5 Å². The number of hydrogen-bond acceptors (Lipinski definition) is 3. The van der Waals surface area contributed by atoms with Crippen LogP contribution in [-0.2, 0) is 5.60 Å². The zero-order valence-corrected chi connectivity index (χ0v) is 17.3. The van der Waals surface area contributed by atoms with Gasteiger partial charge in [0.15, 0.2) is 5.78 Å². The molecule has 2 aromatic rings. The van der Waals surface area contributed by atoms with E-state index in [9.17, 15) is 19.8 Å². The maximum atomic E-state index is 15.7. The number of carbonyl (C=O) groups excluding carboxylic acids is 1. The van der Waals surface area contributed by atoms with Gasteiger partial charge in [-0.05, 0) is 61.2 Å². The van der Waals surface area contributed by atoms with Gasteiger partial charge in [0.1, 0.15) is 17.1 Å². The molecule has 1 saturated carbocycles. The lowest BCUT2D eigenvalue weighted by atomic mass is 9.69. The smallest absolute Gasteiger partial charge is 0.336 e. The SMILES string of the molecule is CCC(O)(c1cc(F)c(C(=O)c2ccc(Cl)cc2)c(C(=O)O)c1)C1(F)CCCCC1. The zero-order valence-electron chi connectivity index (χ0n) is 16.6. The van der Waals surface area contributed by atoms with Gasteiger partial charge < -0.3 is 10.2 Å². The van der Waals surface area contributed by atoms with Gasteiger partial charge in [0.2, 0.25) is 0 Å². The third-order valence-corrected chi connectivity index (χ3v) is 6.28. The standard InChI is InChI=1S/C23H23ClF2O4/c1-2-23(30,22(26)10-4-3-5-11-22)15-12-17(21(28)29)19(18(25)13-15)20(27)14-6-8-16(24)9-7-14/h6-9,12-13,30H,2-5,10-11H2,1H3,(H,28,29). The average molecular weight is 437 g/mol. The minimum Gasteiger partial charge on any atom is -0.478 e. The topological polar surface area (TPSA) is 74.6 Å². The molecule has 2 N–H and O–H groups in total. The third-order valence-electron chi connectivity index (χ3n) is 6.03. The first-order valence-electron chi connectivity index (χ1n) is 9.92. The highest BCUT2D eigenvalue weighted by Crippen LogP contribution is 2.48. The van der Waals surface area contributed by atoms with Crippen molar-refractivity contribution in [2.45, 2.75) is 56.7 Å². The minimum atomic E-state index is -2.06. The van der Waals surface area contributed by atoms with E-state index >= 15 is 8.78 Å². The molecule has 30 heavy (non-hydrogen) atoms. The van der Waals surface area contributed by atoms with Gasteiger partial charge in [0.05, 0.1) is 11.1 Å². The molecule has 1 fully saturated rings. The van der Waals surface area contributed by atoms with E-state index < -0.39 is 40.0 Å². The van der Waals surface area contributed by atoms with E-state index in [1.165, 1.54) is 24.3 Å². The predicted molar refractivity (Wildman–Crippen MR) is 109 cm³/mol. The molecular weight excluding hydrogens is 414 g/mol. The number of ketones is 1. The second kappa shape index (κ2) is 8.44. The highest BCUT2D eigenvalue weighted by molar-refractivity contribution is 6.30. The molecule has 0 radical (unpaired) electrons. The van der Waals surface area contributed by atoms with Crippen molar-refractivity contribution in [3.63, 3.8) is 0 Å². The number of rotatable bonds is 6. The molecule has 1 aliphatic carbocycles. The molecule has 0 heterocycles. The summed E-state index contributed by atoms with van der Waals surface area (Å²) in [6, 6.07) is 7.51. The molecule has 0 amide bonds. The molecule has 1 unspecified atom stereocenters. The average Bonchev–Trinajstić information content (AvgIpc) is 2.73. The molecule has 4 nitrogen and oxygen atoms in total. The Balaban J connectivity index is 2.14. The van der Waals surface area contributed by atoms with Crippen molar-refractivity contribution in [2.75, 3.05) is 0 Å². The fourth-order valence-corrected chi connectivity index (χ4v) is 4.42. The molecule has 0 bridgehead atoms. The second-order valence-electron chi connectivity index (χ2n) is 7.76. The lowest BCUT2D eigenvalue weighted by molar-refractivity contribution is -0.130. The summed E-state index contributed by atoms with van der Waals surface area (Å²) >= 11 is 5.81. The maximum Gasteiger partial charge on any atom is 0.336 e. The van der Waals surface area contributed by atoms with Gasteiger partial charge in [-0.1, -0.05) is 37.8 Å². The van der Waals surface area contributed by atoms with Crippen LogP contribution in [0.25, 0.3) is 0 Å². The Morgan fingerprint density at radius 3 is 2.27 bits per heavy atom. The summed E-state index contributed by atoms with van der Waals surface area (Å²) in [6.45, 7) is 1.57. The summed E-state index contributed by atoms with van der Waals surface area (Å²) in [6.07, 6.45) is 2.15. The normalized spacial score (nSPS) is 17.9. The van der Waals surface area contributed by atoms with Gasteiger partial charge >= 0.3 is 5.97 Å². The van der Waals surface area contributed by atoms with Crippen molar-refractivity contribution in [1.82, 2.24) is 0 Å². The molecule has 1 atom stereocenters. The summed E-state index contributed by atoms with van der Waals surface area (Å²) in [4.78, 5) is 24.7. The second-order valence-corrected chi connectivity index (χ2v) is 8.20. The Hall–Kier alpha value is -2.31. The van der Waals surface area contributed by atoms with E-state index in [1.807, 2.05) is 0 Å². The van der Waals surface area contributed by atoms with Crippen LogP contribution in [0.15, 0.2) is 36.4 Å². The quantitative estimate of drug-likeness (QED) is 0.571. The van der Waals surface area contributed by atoms with E-state index in [4.69, 9.17) is 11.6 Å². The Morgan fingerprint density at radius 1 is 1.13 bits per heavy atom. The van der Waals surface area contributed by atoms with Crippen molar-refractivity contribution < 1.29 is 28.6 Å². The Morgan fingerprint density at radius 2 is 1.73 bits per heavy atom. The molecule has 1 aliphatic rings. The van der Waals surface area contributed by atoms with E-state index in [0.717, 1.165) is 18.6 Å². The van der Waals surface area contributed by atoms with Crippen LogP contribution in [0.2, 0.25) is 5.02 Å². The summed E-state index contributed by atoms with van der Waals surface area (Å²) in [7, 11) is 0. The maximum absolute atomic E-state index is 15.7. The molecule has 160 valence electrons. The summed E-state index contributed by atoms with van der Waals surface area (Å²) in [5.74, 6) is -3.49. The van der Waals surface area contributed by atoms with Crippen LogP contribution in [0.3, 0.4) is 0 Å². The van der Waals surface area contributed by atoms with Gasteiger partial charge in [-0.25, -0.2) is 13.6 Å². The number of alkyl halides is 1. The highest BCUT2D eigenvalue weighted by Gasteiger charge is 2.52. The number of aliphatic hydroxyl groups is 1. The van der Waals surface area contributed by atoms with Gasteiger partial charge in [-0.2, -0.15) is 0 Å². The number of benzene rings is 2. The fourth-order valence-electron chi connectivity index (χ4n) is 4.30. The fraction of sp³-hybridized carbons (Fsp3) is 0.391. The first-order chi connectivity index (χ1) is 14.1. The number of carboxylic acid groups (broad SMARTS) is 1. The van der Waals surface area contributed by atoms with Crippen LogP contribution in [0.5, 0.6) is 0 Å². The molecule has 7 heteroatoms. The van der Waals surface area contributed by atoms with Gasteiger partial charge in [0, 0.05) is 10.6 Å². The largest absolute Gasteiger partial charge is 0.478 e. The minimum absolute atomic E-state index is 0.0630. The molecule has 0 aromatic heterocycles. The van der Waals surface area contributed by atoms with Crippen LogP contribution >= 0.6 is 11.6 Å². The van der Waals surface area contributed by atoms with Crippen LogP contribution in [-0.4, -0.2) is 27.6 Å². The van der Waals surface area contributed by atoms with E-state index in [1.54, 1.807) is 6.92 Å². The lowest BCUT2D eigenvalue weighted by Crippen LogP contribution is -2.49. The Bertz CT molecular complexity index is 968. The Kier molecular flexibility index (Phi) is 6.29. The number of hydrogen-bond donors (Lipinski definition) is 2. The van der Waals surface area contributed by atoms with Gasteiger partial charge in [-0.3, -0.25) is 4.79 Å². The lowest BCUT2D eigenvalue weighted by Gasteiger charge is -2.44. The van der Waals surface area contributed by atoms with E-state index in [-0.39, 0.29) is 30.4 Å². The zero-order chi connectivity index (χ0) is 22.1. The number of halogens is 3. The van der Waals surface area contributed by atoms with Crippen molar-refractivity contribution in [2.24, 2.45) is 0 Å². The number of aromatic carboxylic acids is 1. The van der Waals surface area contributed by atoms with Crippen LogP contribution in [0, 0.1) is 5.82 Å². The number of carbonyl (C=O) groups is 2. The van der Waals surface area contributed by atoms with Crippen LogP contribution in [0.4, 0.5) is 8.78 Å². The van der Waals surface area contributed by atoms with Gasteiger partial charge in [0.25, 0.3) is 0 Å². The van der Waals surface area contributed by atoms with Crippen LogP contribution < -0.4 is 0 Å². The number of carboxylic acids is 1. The molecular formula is C23H23ClF2O4. The first-order valence-corrected chi connectivity index (χ1v) is 10.3. The summed E-state index contributed by atoms with van der Waals surface area (Å²) in [5.41, 5.74) is -5.41. The molecule has 0 saturated heterocycles. The van der Waals surface area contributed by atoms with Crippen LogP contribution in [0.1, 0.15) is 77.3 Å².